The Kier molecular flexibility index (Phi) is 6.35. The van der Waals surface area contributed by atoms with Gasteiger partial charge in [-0.05, 0) is 6.42 Å². The zero-order valence-electron chi connectivity index (χ0n) is 9.42. The van der Waals surface area contributed by atoms with E-state index in [2.05, 4.69) is 0 Å². The molecule has 1 N–H and O–H groups in total. The minimum absolute atomic E-state index is 0.0512. The molecular formula is C9H17F3N2O2. The molecule has 16 heavy (non-hydrogen) atoms. The van der Waals surface area contributed by atoms with Crippen molar-refractivity contribution in [2.75, 3.05) is 40.3 Å². The van der Waals surface area contributed by atoms with Crippen molar-refractivity contribution in [3.63, 3.8) is 0 Å². The maximum atomic E-state index is 12.2. The van der Waals surface area contributed by atoms with Crippen LogP contribution in [0.1, 0.15) is 6.42 Å². The summed E-state index contributed by atoms with van der Waals surface area (Å²) in [4.78, 5) is 13.5. The van der Waals surface area contributed by atoms with Crippen molar-refractivity contribution >= 4 is 5.91 Å². The Morgan fingerprint density at radius 3 is 2.25 bits per heavy atom. The highest BCUT2D eigenvalue weighted by atomic mass is 19.4. The van der Waals surface area contributed by atoms with E-state index in [-0.39, 0.29) is 32.0 Å². The number of halogens is 3. The van der Waals surface area contributed by atoms with Crippen molar-refractivity contribution in [2.45, 2.75) is 12.6 Å². The number of aliphatic hydroxyl groups is 1. The lowest BCUT2D eigenvalue weighted by Crippen LogP contribution is -2.42. The highest BCUT2D eigenvalue weighted by Gasteiger charge is 2.31. The first-order valence-corrected chi connectivity index (χ1v) is 4.86. The Balaban J connectivity index is 4.25. The van der Waals surface area contributed by atoms with Gasteiger partial charge in [0.15, 0.2) is 0 Å². The Bertz CT molecular complexity index is 219. The number of likely N-dealkylation sites (N-methyl/N-ethyl adjacent to an activating group) is 1. The second-order valence-corrected chi connectivity index (χ2v) is 3.69. The van der Waals surface area contributed by atoms with Crippen LogP contribution in [-0.2, 0) is 4.79 Å². The summed E-state index contributed by atoms with van der Waals surface area (Å²) in [6.45, 7) is -1.56. The number of nitrogens with zero attached hydrogens (tertiary/aromatic N) is 2. The first-order chi connectivity index (χ1) is 7.26. The normalized spacial score (nSPS) is 11.9. The van der Waals surface area contributed by atoms with Crippen molar-refractivity contribution in [3.8, 4) is 0 Å². The molecule has 0 atom stereocenters. The molecule has 0 radical (unpaired) electrons. The number of rotatable bonds is 6. The van der Waals surface area contributed by atoms with Crippen LogP contribution < -0.4 is 0 Å². The molecule has 1 amide bonds. The topological polar surface area (TPSA) is 43.8 Å². The molecule has 0 heterocycles. The fourth-order valence-electron chi connectivity index (χ4n) is 1.09. The molecule has 0 saturated heterocycles. The third kappa shape index (κ3) is 7.47. The van der Waals surface area contributed by atoms with E-state index in [1.54, 1.807) is 0 Å². The minimum Gasteiger partial charge on any atom is -0.396 e. The van der Waals surface area contributed by atoms with Gasteiger partial charge in [0.25, 0.3) is 0 Å². The number of amides is 1. The number of hydrogen-bond donors (Lipinski definition) is 1. The summed E-state index contributed by atoms with van der Waals surface area (Å²) < 4.78 is 36.5. The maximum absolute atomic E-state index is 12.2. The number of carbonyl (C=O) groups is 1. The summed E-state index contributed by atoms with van der Waals surface area (Å²) in [5.74, 6) is -0.387. The van der Waals surface area contributed by atoms with Gasteiger partial charge in [0.1, 0.15) is 0 Å². The van der Waals surface area contributed by atoms with Crippen LogP contribution >= 0.6 is 0 Å². The molecule has 0 aromatic heterocycles. The molecule has 7 heteroatoms. The van der Waals surface area contributed by atoms with E-state index in [9.17, 15) is 18.0 Å². The lowest BCUT2D eigenvalue weighted by Gasteiger charge is -2.24. The number of aliphatic hydroxyl groups excluding tert-OH is 1. The van der Waals surface area contributed by atoms with Crippen LogP contribution in [0, 0.1) is 0 Å². The third-order valence-corrected chi connectivity index (χ3v) is 1.89. The average molecular weight is 242 g/mol. The summed E-state index contributed by atoms with van der Waals surface area (Å²) in [6.07, 6.45) is -4.11. The quantitative estimate of drug-likeness (QED) is 0.729. The van der Waals surface area contributed by atoms with Crippen LogP contribution in [-0.4, -0.2) is 67.3 Å². The van der Waals surface area contributed by atoms with Gasteiger partial charge in [0.05, 0.1) is 13.1 Å². The van der Waals surface area contributed by atoms with Crippen LogP contribution in [0.2, 0.25) is 0 Å². The monoisotopic (exact) mass is 242 g/mol. The molecule has 0 unspecified atom stereocenters. The SMILES string of the molecule is CN(C)C(=O)CN(CCCO)CC(F)(F)F. The molecule has 0 aliphatic heterocycles. The summed E-state index contributed by atoms with van der Waals surface area (Å²) >= 11 is 0. The van der Waals surface area contributed by atoms with E-state index in [0.29, 0.717) is 0 Å². The number of alkyl halides is 3. The first-order valence-electron chi connectivity index (χ1n) is 4.86. The molecule has 4 nitrogen and oxygen atoms in total. The first kappa shape index (κ1) is 15.2. The van der Waals surface area contributed by atoms with Gasteiger partial charge in [-0.1, -0.05) is 0 Å². The van der Waals surface area contributed by atoms with Crippen LogP contribution in [0.5, 0.6) is 0 Å². The molecule has 0 aliphatic rings. The zero-order chi connectivity index (χ0) is 12.8. The zero-order valence-corrected chi connectivity index (χ0v) is 9.42. The predicted octanol–water partition coefficient (Wildman–Crippen LogP) is 0.321. The Labute approximate surface area is 92.6 Å². The number of carbonyl (C=O) groups excluding carboxylic acids is 1. The molecule has 0 spiro atoms. The third-order valence-electron chi connectivity index (χ3n) is 1.89. The molecule has 0 saturated carbocycles. The molecule has 0 aliphatic carbocycles. The van der Waals surface area contributed by atoms with Crippen molar-refractivity contribution in [1.29, 1.82) is 0 Å². The van der Waals surface area contributed by atoms with E-state index in [1.807, 2.05) is 0 Å². The second kappa shape index (κ2) is 6.70. The molecule has 0 bridgehead atoms. The Morgan fingerprint density at radius 1 is 1.31 bits per heavy atom. The summed E-state index contributed by atoms with van der Waals surface area (Å²) in [6, 6.07) is 0. The molecule has 0 fully saturated rings. The molecule has 0 aromatic rings. The summed E-state index contributed by atoms with van der Waals surface area (Å²) in [5.41, 5.74) is 0. The maximum Gasteiger partial charge on any atom is 0.401 e. The van der Waals surface area contributed by atoms with Gasteiger partial charge in [-0.3, -0.25) is 9.69 Å². The van der Waals surface area contributed by atoms with Crippen LogP contribution in [0.3, 0.4) is 0 Å². The van der Waals surface area contributed by atoms with Crippen molar-refractivity contribution in [2.24, 2.45) is 0 Å². The molecule has 0 aromatic carbocycles. The largest absolute Gasteiger partial charge is 0.401 e. The fourth-order valence-corrected chi connectivity index (χ4v) is 1.09. The van der Waals surface area contributed by atoms with E-state index in [4.69, 9.17) is 5.11 Å². The van der Waals surface area contributed by atoms with Gasteiger partial charge < -0.3 is 10.0 Å². The van der Waals surface area contributed by atoms with Crippen molar-refractivity contribution in [1.82, 2.24) is 9.80 Å². The van der Waals surface area contributed by atoms with Gasteiger partial charge in [0.2, 0.25) is 5.91 Å². The van der Waals surface area contributed by atoms with E-state index < -0.39 is 12.7 Å². The van der Waals surface area contributed by atoms with Crippen LogP contribution in [0.15, 0.2) is 0 Å². The highest BCUT2D eigenvalue weighted by Crippen LogP contribution is 2.16. The molecule has 96 valence electrons. The van der Waals surface area contributed by atoms with Gasteiger partial charge in [-0.15, -0.1) is 0 Å². The van der Waals surface area contributed by atoms with Crippen molar-refractivity contribution < 1.29 is 23.1 Å². The van der Waals surface area contributed by atoms with Gasteiger partial charge in [0, 0.05) is 27.2 Å². The standard InChI is InChI=1S/C9H17F3N2O2/c1-13(2)8(16)6-14(4-3-5-15)7-9(10,11)12/h15H,3-7H2,1-2H3. The Hall–Kier alpha value is -0.820. The van der Waals surface area contributed by atoms with Gasteiger partial charge in [-0.2, -0.15) is 13.2 Å². The van der Waals surface area contributed by atoms with Crippen molar-refractivity contribution in [3.05, 3.63) is 0 Å². The number of hydrogen-bond acceptors (Lipinski definition) is 3. The van der Waals surface area contributed by atoms with E-state index >= 15 is 0 Å². The van der Waals surface area contributed by atoms with E-state index in [0.717, 1.165) is 4.90 Å². The minimum atomic E-state index is -4.33. The Morgan fingerprint density at radius 2 is 1.88 bits per heavy atom. The summed E-state index contributed by atoms with van der Waals surface area (Å²) in [7, 11) is 2.97. The predicted molar refractivity (Wildman–Crippen MR) is 52.9 cm³/mol. The molecule has 0 rings (SSSR count). The smallest absolute Gasteiger partial charge is 0.396 e. The lowest BCUT2D eigenvalue weighted by atomic mass is 10.3. The second-order valence-electron chi connectivity index (χ2n) is 3.69. The lowest BCUT2D eigenvalue weighted by molar-refractivity contribution is -0.151. The summed E-state index contributed by atoms with van der Waals surface area (Å²) in [5, 5.41) is 8.55. The van der Waals surface area contributed by atoms with Gasteiger partial charge in [-0.25, -0.2) is 0 Å². The molecular weight excluding hydrogens is 225 g/mol. The average Bonchev–Trinajstić information content (AvgIpc) is 2.11. The van der Waals surface area contributed by atoms with Crippen LogP contribution in [0.4, 0.5) is 13.2 Å². The van der Waals surface area contributed by atoms with Gasteiger partial charge >= 0.3 is 6.18 Å². The fraction of sp³-hybridized carbons (Fsp3) is 0.889. The van der Waals surface area contributed by atoms with E-state index in [1.165, 1.54) is 19.0 Å². The van der Waals surface area contributed by atoms with Crippen LogP contribution in [0.25, 0.3) is 0 Å². The highest BCUT2D eigenvalue weighted by molar-refractivity contribution is 5.77.